The third kappa shape index (κ3) is 49.4. The second-order valence-electron chi connectivity index (χ2n) is 20.2. The molecule has 0 fully saturated rings. The Morgan fingerprint density at radius 1 is 0.306 bits per heavy atom. The molecule has 62 heavy (non-hydrogen) atoms. The maximum atomic E-state index is 12.8. The maximum absolute atomic E-state index is 12.8. The standard InChI is InChI=1S/C56H108O6/c1-6-7-8-9-10-11-19-26-31-36-41-46-54(57)60-49-53(62-56(59)48-43-38-33-28-23-18-21-25-30-35-40-45-52(4)5)50-61-55(58)47-42-37-32-27-22-17-15-13-12-14-16-20-24-29-34-39-44-51(2)3/h51-53H,6-50H2,1-5H3/t53-/m1/s1. The van der Waals surface area contributed by atoms with Gasteiger partial charge in [-0.2, -0.15) is 0 Å². The fourth-order valence-electron chi connectivity index (χ4n) is 8.52. The van der Waals surface area contributed by atoms with Crippen LogP contribution in [0.4, 0.5) is 0 Å². The Hall–Kier alpha value is -1.59. The van der Waals surface area contributed by atoms with Gasteiger partial charge in [0.1, 0.15) is 13.2 Å². The van der Waals surface area contributed by atoms with Gasteiger partial charge in [-0.15, -0.1) is 0 Å². The van der Waals surface area contributed by atoms with Crippen molar-refractivity contribution in [2.45, 2.75) is 317 Å². The van der Waals surface area contributed by atoms with Gasteiger partial charge in [0.2, 0.25) is 0 Å². The largest absolute Gasteiger partial charge is 0.462 e. The molecule has 0 aliphatic carbocycles. The lowest BCUT2D eigenvalue weighted by atomic mass is 10.0. The average Bonchev–Trinajstić information content (AvgIpc) is 3.24. The van der Waals surface area contributed by atoms with E-state index in [1.807, 2.05) is 0 Å². The molecule has 0 N–H and O–H groups in total. The second kappa shape index (κ2) is 48.9. The summed E-state index contributed by atoms with van der Waals surface area (Å²) in [5.74, 6) is 0.834. The minimum Gasteiger partial charge on any atom is -0.462 e. The molecule has 0 unspecified atom stereocenters. The second-order valence-corrected chi connectivity index (χ2v) is 20.2. The topological polar surface area (TPSA) is 78.9 Å². The van der Waals surface area contributed by atoms with E-state index in [1.54, 1.807) is 0 Å². The molecule has 0 aliphatic heterocycles. The number of ether oxygens (including phenoxy) is 3. The minimum atomic E-state index is -0.762. The molecule has 0 aromatic heterocycles. The number of unbranched alkanes of at least 4 members (excludes halogenated alkanes) is 35. The van der Waals surface area contributed by atoms with Gasteiger partial charge in [-0.05, 0) is 31.1 Å². The van der Waals surface area contributed by atoms with Gasteiger partial charge in [0.15, 0.2) is 6.10 Å². The van der Waals surface area contributed by atoms with Crippen LogP contribution >= 0.6 is 0 Å². The van der Waals surface area contributed by atoms with Crippen molar-refractivity contribution < 1.29 is 28.6 Å². The van der Waals surface area contributed by atoms with E-state index in [9.17, 15) is 14.4 Å². The van der Waals surface area contributed by atoms with Gasteiger partial charge in [0.25, 0.3) is 0 Å². The normalized spacial score (nSPS) is 12.0. The molecule has 0 saturated heterocycles. The summed E-state index contributed by atoms with van der Waals surface area (Å²) in [6, 6.07) is 0. The van der Waals surface area contributed by atoms with E-state index in [-0.39, 0.29) is 31.1 Å². The lowest BCUT2D eigenvalue weighted by Gasteiger charge is -2.18. The Balaban J connectivity index is 4.25. The third-order valence-electron chi connectivity index (χ3n) is 12.7. The van der Waals surface area contributed by atoms with Crippen molar-refractivity contribution in [3.05, 3.63) is 0 Å². The monoisotopic (exact) mass is 877 g/mol. The van der Waals surface area contributed by atoms with Gasteiger partial charge in [-0.3, -0.25) is 14.4 Å². The van der Waals surface area contributed by atoms with Crippen LogP contribution in [0, 0.1) is 11.8 Å². The van der Waals surface area contributed by atoms with Crippen molar-refractivity contribution in [3.63, 3.8) is 0 Å². The Bertz CT molecular complexity index is 947. The maximum Gasteiger partial charge on any atom is 0.306 e. The molecule has 6 nitrogen and oxygen atoms in total. The van der Waals surface area contributed by atoms with Crippen molar-refractivity contribution in [3.8, 4) is 0 Å². The van der Waals surface area contributed by atoms with Crippen LogP contribution < -0.4 is 0 Å². The molecule has 368 valence electrons. The highest BCUT2D eigenvalue weighted by Gasteiger charge is 2.19. The van der Waals surface area contributed by atoms with Crippen LogP contribution in [0.1, 0.15) is 311 Å². The zero-order valence-electron chi connectivity index (χ0n) is 42.5. The van der Waals surface area contributed by atoms with Crippen LogP contribution in [-0.2, 0) is 28.6 Å². The van der Waals surface area contributed by atoms with E-state index in [4.69, 9.17) is 14.2 Å². The quantitative estimate of drug-likeness (QED) is 0.0344. The van der Waals surface area contributed by atoms with E-state index in [0.29, 0.717) is 19.3 Å². The predicted octanol–water partition coefficient (Wildman–Crippen LogP) is 18.1. The summed E-state index contributed by atoms with van der Waals surface area (Å²) in [5, 5.41) is 0. The number of carbonyl (C=O) groups excluding carboxylic acids is 3. The van der Waals surface area contributed by atoms with Gasteiger partial charge in [0.05, 0.1) is 0 Å². The summed E-state index contributed by atoms with van der Waals surface area (Å²) in [7, 11) is 0. The first-order valence-corrected chi connectivity index (χ1v) is 27.7. The summed E-state index contributed by atoms with van der Waals surface area (Å²) in [4.78, 5) is 38.0. The molecule has 0 aliphatic rings. The molecule has 0 aromatic carbocycles. The summed E-state index contributed by atoms with van der Waals surface area (Å²) in [6.45, 7) is 11.4. The third-order valence-corrected chi connectivity index (χ3v) is 12.7. The Morgan fingerprint density at radius 3 is 0.790 bits per heavy atom. The van der Waals surface area contributed by atoms with Crippen LogP contribution in [0.25, 0.3) is 0 Å². The molecule has 1 atom stereocenters. The van der Waals surface area contributed by atoms with Gasteiger partial charge >= 0.3 is 17.9 Å². The molecule has 0 saturated carbocycles. The average molecular weight is 877 g/mol. The van der Waals surface area contributed by atoms with Gasteiger partial charge in [-0.25, -0.2) is 0 Å². The van der Waals surface area contributed by atoms with Gasteiger partial charge in [-0.1, -0.05) is 272 Å². The molecular formula is C56H108O6. The first-order valence-electron chi connectivity index (χ1n) is 27.7. The molecule has 0 radical (unpaired) electrons. The highest BCUT2D eigenvalue weighted by atomic mass is 16.6. The first kappa shape index (κ1) is 60.4. The first-order chi connectivity index (χ1) is 30.2. The smallest absolute Gasteiger partial charge is 0.306 e. The van der Waals surface area contributed by atoms with Crippen LogP contribution in [0.15, 0.2) is 0 Å². The van der Waals surface area contributed by atoms with E-state index < -0.39 is 6.10 Å². The molecule has 0 rings (SSSR count). The van der Waals surface area contributed by atoms with E-state index >= 15 is 0 Å². The van der Waals surface area contributed by atoms with E-state index in [2.05, 4.69) is 34.6 Å². The summed E-state index contributed by atoms with van der Waals surface area (Å²) < 4.78 is 16.8. The molecule has 0 spiro atoms. The number of rotatable bonds is 50. The predicted molar refractivity (Wildman–Crippen MR) is 266 cm³/mol. The Morgan fingerprint density at radius 2 is 0.532 bits per heavy atom. The lowest BCUT2D eigenvalue weighted by Crippen LogP contribution is -2.30. The zero-order chi connectivity index (χ0) is 45.4. The van der Waals surface area contributed by atoms with Crippen molar-refractivity contribution in [1.82, 2.24) is 0 Å². The summed E-state index contributed by atoms with van der Waals surface area (Å²) >= 11 is 0. The minimum absolute atomic E-state index is 0.0630. The van der Waals surface area contributed by atoms with Gasteiger partial charge < -0.3 is 14.2 Å². The fraction of sp³-hybridized carbons (Fsp3) is 0.946. The number of carbonyl (C=O) groups is 3. The van der Waals surface area contributed by atoms with Crippen molar-refractivity contribution in [1.29, 1.82) is 0 Å². The SMILES string of the molecule is CCCCCCCCCCCCCC(=O)OC[C@H](COC(=O)CCCCCCCCCCCCCCCCCCC(C)C)OC(=O)CCCCCCCCCCCCCC(C)C. The number of esters is 3. The Kier molecular flexibility index (Phi) is 47.6. The summed E-state index contributed by atoms with van der Waals surface area (Å²) in [6.07, 6.45) is 50.9. The van der Waals surface area contributed by atoms with Crippen molar-refractivity contribution >= 4 is 17.9 Å². The highest BCUT2D eigenvalue weighted by Crippen LogP contribution is 2.18. The molecular weight excluding hydrogens is 769 g/mol. The molecule has 0 bridgehead atoms. The molecule has 6 heteroatoms. The lowest BCUT2D eigenvalue weighted by molar-refractivity contribution is -0.167. The van der Waals surface area contributed by atoms with Crippen LogP contribution in [0.5, 0.6) is 0 Å². The van der Waals surface area contributed by atoms with Crippen LogP contribution in [0.3, 0.4) is 0 Å². The molecule has 0 heterocycles. The van der Waals surface area contributed by atoms with Gasteiger partial charge in [0, 0.05) is 19.3 Å². The summed E-state index contributed by atoms with van der Waals surface area (Å²) in [5.41, 5.74) is 0. The van der Waals surface area contributed by atoms with E-state index in [1.165, 1.54) is 199 Å². The highest BCUT2D eigenvalue weighted by molar-refractivity contribution is 5.71. The molecule has 0 amide bonds. The Labute approximate surface area is 387 Å². The van der Waals surface area contributed by atoms with Crippen molar-refractivity contribution in [2.24, 2.45) is 11.8 Å². The van der Waals surface area contributed by atoms with Crippen LogP contribution in [-0.4, -0.2) is 37.2 Å². The van der Waals surface area contributed by atoms with Crippen LogP contribution in [0.2, 0.25) is 0 Å². The number of hydrogen-bond donors (Lipinski definition) is 0. The fourth-order valence-corrected chi connectivity index (χ4v) is 8.52. The zero-order valence-corrected chi connectivity index (χ0v) is 42.5. The molecule has 0 aromatic rings. The number of hydrogen-bond acceptors (Lipinski definition) is 6. The van der Waals surface area contributed by atoms with E-state index in [0.717, 1.165) is 69.6 Å². The van der Waals surface area contributed by atoms with Crippen molar-refractivity contribution in [2.75, 3.05) is 13.2 Å².